The highest BCUT2D eigenvalue weighted by atomic mass is 35.5. The van der Waals surface area contributed by atoms with Gasteiger partial charge in [0, 0.05) is 27.9 Å². The summed E-state index contributed by atoms with van der Waals surface area (Å²) in [6.07, 6.45) is 2.17. The lowest BCUT2D eigenvalue weighted by atomic mass is 10.1. The van der Waals surface area contributed by atoms with E-state index in [1.165, 1.54) is 61.0 Å². The van der Waals surface area contributed by atoms with Crippen LogP contribution in [0.3, 0.4) is 0 Å². The number of carbonyl (C=O) groups excluding carboxylic acids is 3. The first-order valence-electron chi connectivity index (χ1n) is 9.85. The van der Waals surface area contributed by atoms with Crippen LogP contribution in [0.1, 0.15) is 27.1 Å². The molecule has 1 atom stereocenters. The maximum atomic E-state index is 12.8. The van der Waals surface area contributed by atoms with Crippen LogP contribution in [0.4, 0.5) is 11.5 Å². The third kappa shape index (κ3) is 6.86. The molecule has 1 unspecified atom stereocenters. The number of hydrogen-bond donors (Lipinski definition) is 2. The van der Waals surface area contributed by atoms with Crippen molar-refractivity contribution in [2.75, 3.05) is 16.9 Å². The van der Waals surface area contributed by atoms with Gasteiger partial charge in [-0.1, -0.05) is 23.2 Å². The number of anilines is 2. The van der Waals surface area contributed by atoms with Crippen molar-refractivity contribution in [2.45, 2.75) is 11.3 Å². The molecule has 0 saturated heterocycles. The predicted molar refractivity (Wildman–Crippen MR) is 133 cm³/mol. The Hall–Kier alpha value is -3.78. The monoisotopic (exact) mass is 529 g/mol. The van der Waals surface area contributed by atoms with Gasteiger partial charge in [0.1, 0.15) is 12.2 Å². The lowest BCUT2D eigenvalue weighted by Crippen LogP contribution is -2.18. The molecule has 0 fully saturated rings. The van der Waals surface area contributed by atoms with E-state index in [0.717, 1.165) is 0 Å². The number of amides is 3. The molecule has 2 aromatic carbocycles. The van der Waals surface area contributed by atoms with E-state index in [4.69, 9.17) is 28.5 Å². The lowest BCUT2D eigenvalue weighted by molar-refractivity contribution is -0.116. The zero-order chi connectivity index (χ0) is 25.6. The Morgan fingerprint density at radius 1 is 1.00 bits per heavy atom. The number of carbonyl (C=O) groups is 3. The van der Waals surface area contributed by atoms with Crippen molar-refractivity contribution in [3.8, 4) is 6.07 Å². The summed E-state index contributed by atoms with van der Waals surface area (Å²) in [7, 11) is -3.08. The minimum absolute atomic E-state index is 0.102. The van der Waals surface area contributed by atoms with Gasteiger partial charge in [0.05, 0.1) is 32.1 Å². The second kappa shape index (κ2) is 11.1. The summed E-state index contributed by atoms with van der Waals surface area (Å²) in [5.41, 5.74) is 0.505. The fourth-order valence-corrected chi connectivity index (χ4v) is 4.33. The van der Waals surface area contributed by atoms with E-state index < -0.39 is 33.9 Å². The third-order valence-electron chi connectivity index (χ3n) is 4.50. The first-order valence-corrected chi connectivity index (χ1v) is 12.5. The molecule has 0 radical (unpaired) electrons. The van der Waals surface area contributed by atoms with Gasteiger partial charge in [-0.3, -0.25) is 14.4 Å². The van der Waals surface area contributed by atoms with Crippen molar-refractivity contribution in [3.63, 3.8) is 0 Å². The molecule has 0 saturated carbocycles. The van der Waals surface area contributed by atoms with Gasteiger partial charge in [-0.2, -0.15) is 9.62 Å². The molecule has 1 heterocycles. The minimum atomic E-state index is -3.08. The molecule has 0 bridgehead atoms. The second-order valence-electron chi connectivity index (χ2n) is 7.11. The number of nitrogens with one attached hydrogen (secondary N) is 2. The summed E-state index contributed by atoms with van der Waals surface area (Å²) in [5, 5.41) is 14.5. The highest BCUT2D eigenvalue weighted by Gasteiger charge is 2.17. The van der Waals surface area contributed by atoms with Gasteiger partial charge in [0.15, 0.2) is 0 Å². The second-order valence-corrected chi connectivity index (χ2v) is 10.2. The summed E-state index contributed by atoms with van der Waals surface area (Å²) in [6, 6.07) is 14.8. The Bertz CT molecular complexity index is 1460. The smallest absolute Gasteiger partial charge is 0.268 e. The zero-order valence-electron chi connectivity index (χ0n) is 18.1. The average molecular weight is 530 g/mol. The summed E-state index contributed by atoms with van der Waals surface area (Å²) < 4.78 is 16.3. The summed E-state index contributed by atoms with van der Waals surface area (Å²) in [6.45, 7) is 0. The van der Waals surface area contributed by atoms with E-state index >= 15 is 0 Å². The fraction of sp³-hybridized carbons (Fsp3) is 0.0870. The Labute approximate surface area is 211 Å². The number of pyridine rings is 1. The van der Waals surface area contributed by atoms with Crippen LogP contribution in [0.5, 0.6) is 0 Å². The van der Waals surface area contributed by atoms with Gasteiger partial charge in [0.25, 0.3) is 17.7 Å². The van der Waals surface area contributed by atoms with Gasteiger partial charge < -0.3 is 10.6 Å². The topological polar surface area (TPSA) is 141 Å². The number of benzene rings is 2. The van der Waals surface area contributed by atoms with Gasteiger partial charge in [-0.05, 0) is 54.6 Å². The number of nitrogens with zero attached hydrogens (tertiary/aromatic N) is 3. The molecule has 0 spiro atoms. The van der Waals surface area contributed by atoms with Crippen molar-refractivity contribution in [1.82, 2.24) is 4.98 Å². The van der Waals surface area contributed by atoms with Crippen molar-refractivity contribution < 1.29 is 18.6 Å². The fourth-order valence-electron chi connectivity index (χ4n) is 2.85. The maximum Gasteiger partial charge on any atom is 0.268 e. The van der Waals surface area contributed by atoms with Crippen LogP contribution in [0.2, 0.25) is 10.0 Å². The Balaban J connectivity index is 1.81. The molecule has 9 nitrogen and oxygen atoms in total. The van der Waals surface area contributed by atoms with Crippen LogP contribution in [-0.4, -0.2) is 33.2 Å². The molecule has 3 aromatic rings. The Kier molecular flexibility index (Phi) is 8.19. The Morgan fingerprint density at radius 2 is 1.69 bits per heavy atom. The largest absolute Gasteiger partial charge is 0.321 e. The summed E-state index contributed by atoms with van der Waals surface area (Å²) >= 11 is 11.9. The third-order valence-corrected chi connectivity index (χ3v) is 6.66. The van der Waals surface area contributed by atoms with Crippen LogP contribution >= 0.6 is 23.2 Å². The summed E-state index contributed by atoms with van der Waals surface area (Å²) in [5.74, 6) is -1.63. The predicted octanol–water partition coefficient (Wildman–Crippen LogP) is 4.79. The van der Waals surface area contributed by atoms with E-state index in [9.17, 15) is 18.6 Å². The molecule has 0 aliphatic rings. The number of hydrogen-bond acceptors (Lipinski definition) is 6. The molecule has 35 heavy (non-hydrogen) atoms. The molecule has 3 amide bonds. The number of rotatable bonds is 6. The van der Waals surface area contributed by atoms with Crippen molar-refractivity contribution in [3.05, 3.63) is 82.0 Å². The lowest BCUT2D eigenvalue weighted by Gasteiger charge is -2.12. The molecular weight excluding hydrogens is 513 g/mol. The van der Waals surface area contributed by atoms with Crippen LogP contribution in [0.25, 0.3) is 0 Å². The molecule has 2 N–H and O–H groups in total. The molecule has 1 aromatic heterocycles. The van der Waals surface area contributed by atoms with Crippen LogP contribution in [-0.2, 0) is 14.5 Å². The first kappa shape index (κ1) is 25.8. The standard InChI is InChI=1S/C23H17Cl2N5O4S/c1-35(34,30-21(31)10-11-26)17-6-2-14(3-7-17)22(32)28-19-8-4-15(24)12-18(19)23(33)29-20-9-5-16(25)13-27-20/h2-9,12-13H,10H2,1H3,(H,28,32)(H,27,29,33). The molecule has 0 aliphatic heterocycles. The van der Waals surface area contributed by atoms with E-state index in [1.54, 1.807) is 12.1 Å². The van der Waals surface area contributed by atoms with E-state index in [0.29, 0.717) is 5.02 Å². The van der Waals surface area contributed by atoms with Crippen molar-refractivity contribution in [1.29, 1.82) is 5.26 Å². The summed E-state index contributed by atoms with van der Waals surface area (Å²) in [4.78, 5) is 41.4. The Morgan fingerprint density at radius 3 is 2.31 bits per heavy atom. The van der Waals surface area contributed by atoms with E-state index in [2.05, 4.69) is 20.0 Å². The quantitative estimate of drug-likeness (QED) is 0.470. The molecule has 12 heteroatoms. The van der Waals surface area contributed by atoms with E-state index in [-0.39, 0.29) is 32.6 Å². The molecule has 3 rings (SSSR count). The van der Waals surface area contributed by atoms with Crippen LogP contribution in [0.15, 0.2) is 70.1 Å². The maximum absolute atomic E-state index is 12.8. The number of halogens is 2. The van der Waals surface area contributed by atoms with Gasteiger partial charge >= 0.3 is 0 Å². The van der Waals surface area contributed by atoms with Crippen molar-refractivity contribution in [2.24, 2.45) is 4.36 Å². The van der Waals surface area contributed by atoms with Crippen molar-refractivity contribution >= 4 is 62.2 Å². The van der Waals surface area contributed by atoms with E-state index in [1.807, 2.05) is 0 Å². The van der Waals surface area contributed by atoms with Gasteiger partial charge in [0.2, 0.25) is 0 Å². The van der Waals surface area contributed by atoms with Gasteiger partial charge in [-0.25, -0.2) is 9.19 Å². The highest BCUT2D eigenvalue weighted by molar-refractivity contribution is 7.93. The molecular formula is C23H17Cl2N5O4S. The van der Waals surface area contributed by atoms with Crippen LogP contribution < -0.4 is 10.6 Å². The minimum Gasteiger partial charge on any atom is -0.321 e. The number of aromatic nitrogens is 1. The van der Waals surface area contributed by atoms with Gasteiger partial charge in [-0.15, -0.1) is 0 Å². The highest BCUT2D eigenvalue weighted by Crippen LogP contribution is 2.23. The average Bonchev–Trinajstić information content (AvgIpc) is 2.81. The van der Waals surface area contributed by atoms with Crippen LogP contribution in [0, 0.1) is 11.3 Å². The number of nitriles is 1. The molecule has 178 valence electrons. The first-order chi connectivity index (χ1) is 16.6. The SMILES string of the molecule is CS(=O)(=NC(=O)CC#N)c1ccc(C(=O)Nc2ccc(Cl)cc2C(=O)Nc2ccc(Cl)cn2)cc1. The molecule has 0 aliphatic carbocycles. The normalized spacial score (nSPS) is 12.1. The zero-order valence-corrected chi connectivity index (χ0v) is 20.4.